The average molecular weight is 185 g/mol. The van der Waals surface area contributed by atoms with Crippen LogP contribution in [0.4, 0.5) is 0 Å². The monoisotopic (exact) mass is 185 g/mol. The average Bonchev–Trinajstić information content (AvgIpc) is 2.08. The lowest BCUT2D eigenvalue weighted by Crippen LogP contribution is -2.30. The van der Waals surface area contributed by atoms with Gasteiger partial charge in [-0.25, -0.2) is 0 Å². The molecule has 0 aromatic carbocycles. The van der Waals surface area contributed by atoms with Crippen molar-refractivity contribution in [1.82, 2.24) is 0 Å². The third kappa shape index (κ3) is 3.56. The first kappa shape index (κ1) is 11.4. The van der Waals surface area contributed by atoms with Gasteiger partial charge in [0.05, 0.1) is 8.07 Å². The van der Waals surface area contributed by atoms with Gasteiger partial charge in [-0.2, -0.15) is 0 Å². The van der Waals surface area contributed by atoms with E-state index in [1.165, 1.54) is 36.6 Å². The Labute approximate surface area is 76.2 Å². The van der Waals surface area contributed by atoms with Crippen LogP contribution in [0.2, 0.25) is 30.2 Å². The summed E-state index contributed by atoms with van der Waals surface area (Å²) in [4.78, 5) is 0. The van der Waals surface area contributed by atoms with Gasteiger partial charge in [-0.1, -0.05) is 57.4 Å². The molecule has 0 N–H and O–H groups in total. The first-order chi connectivity index (χ1) is 5.24. The molecule has 0 aromatic rings. The molecule has 0 saturated heterocycles. The molecule has 0 fully saturated rings. The molecule has 0 bridgehead atoms. The number of hydrogen-bond acceptors (Lipinski definition) is 0. The second-order valence-electron chi connectivity index (χ2n) is 3.41. The summed E-state index contributed by atoms with van der Waals surface area (Å²) in [5, 5.41) is 0. The predicted molar refractivity (Wildman–Crippen MR) is 57.2 cm³/mol. The van der Waals surface area contributed by atoms with E-state index in [4.69, 9.17) is 0 Å². The van der Waals surface area contributed by atoms with E-state index >= 15 is 0 Å². The van der Waals surface area contributed by atoms with Gasteiger partial charge in [-0.05, 0) is 0 Å². The Balaban J connectivity index is 3.84. The standard InChI is InChI=1S/C9H21Si2/c1-4-11(5-2,6-3)9-7-8-10/h4-9H2,1-3H3. The Morgan fingerprint density at radius 3 is 1.73 bits per heavy atom. The fourth-order valence-corrected chi connectivity index (χ4v) is 5.76. The highest BCUT2D eigenvalue weighted by Crippen LogP contribution is 2.26. The summed E-state index contributed by atoms with van der Waals surface area (Å²) in [5.74, 6) is 0. The van der Waals surface area contributed by atoms with Crippen LogP contribution in [0.1, 0.15) is 27.2 Å². The first-order valence-electron chi connectivity index (χ1n) is 4.89. The minimum Gasteiger partial charge on any atom is -0.0678 e. The van der Waals surface area contributed by atoms with Crippen LogP contribution in [0.5, 0.6) is 0 Å². The van der Waals surface area contributed by atoms with Gasteiger partial charge >= 0.3 is 0 Å². The maximum absolute atomic E-state index is 3.56. The van der Waals surface area contributed by atoms with Gasteiger partial charge in [-0.3, -0.25) is 0 Å². The molecular weight excluding hydrogens is 164 g/mol. The summed E-state index contributed by atoms with van der Waals surface area (Å²) in [6.45, 7) is 7.15. The van der Waals surface area contributed by atoms with E-state index < -0.39 is 8.07 Å². The summed E-state index contributed by atoms with van der Waals surface area (Å²) in [6.07, 6.45) is 1.39. The molecule has 0 aliphatic carbocycles. The van der Waals surface area contributed by atoms with E-state index in [9.17, 15) is 0 Å². The summed E-state index contributed by atoms with van der Waals surface area (Å²) in [7, 11) is 2.79. The van der Waals surface area contributed by atoms with E-state index in [0.717, 1.165) is 0 Å². The zero-order chi connectivity index (χ0) is 8.74. The molecular formula is C9H21Si2. The fraction of sp³-hybridized carbons (Fsp3) is 1.00. The van der Waals surface area contributed by atoms with Crippen LogP contribution in [0.3, 0.4) is 0 Å². The van der Waals surface area contributed by atoms with Gasteiger partial charge in [-0.15, -0.1) is 0 Å². The highest BCUT2D eigenvalue weighted by Gasteiger charge is 2.24. The molecule has 0 aliphatic rings. The van der Waals surface area contributed by atoms with Gasteiger partial charge in [0.25, 0.3) is 0 Å². The Morgan fingerprint density at radius 1 is 1.00 bits per heavy atom. The molecule has 0 aliphatic heterocycles. The molecule has 0 amide bonds. The van der Waals surface area contributed by atoms with E-state index in [1.807, 2.05) is 0 Å². The summed E-state index contributed by atoms with van der Waals surface area (Å²) in [6, 6.07) is 7.15. The Hall–Kier alpha value is 0.434. The molecule has 0 unspecified atom stereocenters. The minimum absolute atomic E-state index is 0.769. The van der Waals surface area contributed by atoms with Crippen LogP contribution in [-0.4, -0.2) is 18.3 Å². The van der Waals surface area contributed by atoms with Crippen LogP contribution in [-0.2, 0) is 0 Å². The SMILES string of the molecule is CC[Si](CC)(CC)CCC[Si]. The third-order valence-corrected chi connectivity index (χ3v) is 9.40. The van der Waals surface area contributed by atoms with Gasteiger partial charge in [0, 0.05) is 10.2 Å². The maximum atomic E-state index is 3.56. The van der Waals surface area contributed by atoms with Crippen LogP contribution >= 0.6 is 0 Å². The van der Waals surface area contributed by atoms with Crippen molar-refractivity contribution in [3.63, 3.8) is 0 Å². The fourth-order valence-electron chi connectivity index (χ4n) is 1.74. The van der Waals surface area contributed by atoms with Crippen molar-refractivity contribution in [3.8, 4) is 0 Å². The van der Waals surface area contributed by atoms with Crippen molar-refractivity contribution in [2.75, 3.05) is 0 Å². The van der Waals surface area contributed by atoms with E-state index in [1.54, 1.807) is 0 Å². The van der Waals surface area contributed by atoms with Crippen LogP contribution < -0.4 is 0 Å². The molecule has 0 heterocycles. The molecule has 0 aromatic heterocycles. The van der Waals surface area contributed by atoms with E-state index in [-0.39, 0.29) is 0 Å². The first-order valence-corrected chi connectivity index (χ1v) is 8.42. The van der Waals surface area contributed by atoms with Crippen molar-refractivity contribution in [1.29, 1.82) is 0 Å². The molecule has 0 spiro atoms. The van der Waals surface area contributed by atoms with Crippen molar-refractivity contribution < 1.29 is 0 Å². The normalized spacial score (nSPS) is 12.0. The molecule has 0 rings (SSSR count). The highest BCUT2D eigenvalue weighted by atomic mass is 28.3. The van der Waals surface area contributed by atoms with Gasteiger partial charge < -0.3 is 0 Å². The van der Waals surface area contributed by atoms with Crippen molar-refractivity contribution in [2.24, 2.45) is 0 Å². The van der Waals surface area contributed by atoms with E-state index in [0.29, 0.717) is 0 Å². The summed E-state index contributed by atoms with van der Waals surface area (Å²) >= 11 is 0. The van der Waals surface area contributed by atoms with Crippen molar-refractivity contribution >= 4 is 18.3 Å². The van der Waals surface area contributed by atoms with Gasteiger partial charge in [0.2, 0.25) is 0 Å². The van der Waals surface area contributed by atoms with Crippen LogP contribution in [0, 0.1) is 0 Å². The largest absolute Gasteiger partial charge is 0.0678 e. The van der Waals surface area contributed by atoms with Crippen LogP contribution in [0.25, 0.3) is 0 Å². The predicted octanol–water partition coefficient (Wildman–Crippen LogP) is 3.47. The molecule has 0 saturated carbocycles. The minimum atomic E-state index is -0.769. The van der Waals surface area contributed by atoms with Crippen molar-refractivity contribution in [2.45, 2.75) is 57.4 Å². The number of hydrogen-bond donors (Lipinski definition) is 0. The van der Waals surface area contributed by atoms with Crippen LogP contribution in [0.15, 0.2) is 0 Å². The summed E-state index contributed by atoms with van der Waals surface area (Å²) in [5.41, 5.74) is 0. The highest BCUT2D eigenvalue weighted by molar-refractivity contribution is 6.79. The third-order valence-electron chi connectivity index (χ3n) is 3.13. The molecule has 3 radical (unpaired) electrons. The lowest BCUT2D eigenvalue weighted by atomic mass is 10.6. The van der Waals surface area contributed by atoms with E-state index in [2.05, 4.69) is 31.0 Å². The van der Waals surface area contributed by atoms with Gasteiger partial charge in [0.1, 0.15) is 0 Å². The smallest absolute Gasteiger partial charge is 0.0527 e. The number of rotatable bonds is 6. The zero-order valence-electron chi connectivity index (χ0n) is 8.24. The van der Waals surface area contributed by atoms with Crippen molar-refractivity contribution in [3.05, 3.63) is 0 Å². The molecule has 0 nitrogen and oxygen atoms in total. The zero-order valence-corrected chi connectivity index (χ0v) is 10.2. The molecule has 65 valence electrons. The van der Waals surface area contributed by atoms with Gasteiger partial charge in [0.15, 0.2) is 0 Å². The molecule has 2 heteroatoms. The lowest BCUT2D eigenvalue weighted by Gasteiger charge is -2.27. The lowest BCUT2D eigenvalue weighted by molar-refractivity contribution is 0.988. The second-order valence-corrected chi connectivity index (χ2v) is 9.54. The maximum Gasteiger partial charge on any atom is 0.0527 e. The molecule has 11 heavy (non-hydrogen) atoms. The second kappa shape index (κ2) is 6.01. The topological polar surface area (TPSA) is 0 Å². The quantitative estimate of drug-likeness (QED) is 0.556. The Bertz CT molecular complexity index is 79.3. The Morgan fingerprint density at radius 2 is 1.45 bits per heavy atom. The Kier molecular flexibility index (Phi) is 6.24. The summed E-state index contributed by atoms with van der Waals surface area (Å²) < 4.78 is 0. The molecule has 0 atom stereocenters.